The maximum absolute atomic E-state index is 12.6. The summed E-state index contributed by atoms with van der Waals surface area (Å²) < 4.78 is 26.6. The lowest BCUT2D eigenvalue weighted by Crippen LogP contribution is -3.09. The number of hydrogen-bond donors (Lipinski definition) is 1. The fourth-order valence-corrected chi connectivity index (χ4v) is 4.01. The van der Waals surface area contributed by atoms with Crippen molar-refractivity contribution in [2.75, 3.05) is 33.2 Å². The molecule has 0 saturated carbocycles. The molecule has 7 heteroatoms. The van der Waals surface area contributed by atoms with Crippen LogP contribution in [0.3, 0.4) is 0 Å². The molecular formula is C13H18N2O4S. The minimum atomic E-state index is -3.79. The molecule has 20 heavy (non-hydrogen) atoms. The van der Waals surface area contributed by atoms with Crippen molar-refractivity contribution in [2.45, 2.75) is 11.3 Å². The van der Waals surface area contributed by atoms with Gasteiger partial charge in [-0.1, -0.05) is 18.2 Å². The molecular weight excluding hydrogens is 280 g/mol. The van der Waals surface area contributed by atoms with Gasteiger partial charge >= 0.3 is 0 Å². The van der Waals surface area contributed by atoms with Crippen LogP contribution in [0.25, 0.3) is 0 Å². The maximum Gasteiger partial charge on any atom is 0.243 e. The number of nitrogens with zero attached hydrogens (tertiary/aromatic N) is 1. The molecule has 1 atom stereocenters. The molecule has 1 aliphatic rings. The van der Waals surface area contributed by atoms with Gasteiger partial charge in [-0.25, -0.2) is 8.42 Å². The molecule has 1 fully saturated rings. The van der Waals surface area contributed by atoms with E-state index in [1.807, 2.05) is 7.05 Å². The molecule has 0 aliphatic carbocycles. The third-order valence-corrected chi connectivity index (χ3v) is 5.48. The second-order valence-corrected chi connectivity index (χ2v) is 6.90. The average molecular weight is 298 g/mol. The SMILES string of the molecule is C[NH+]1CCCN(S(=O)(=O)c2ccccc2C(=O)[O-])CC1. The van der Waals surface area contributed by atoms with E-state index in [0.717, 1.165) is 13.0 Å². The second kappa shape index (κ2) is 5.90. The molecule has 0 aromatic heterocycles. The van der Waals surface area contributed by atoms with E-state index in [0.29, 0.717) is 19.6 Å². The summed E-state index contributed by atoms with van der Waals surface area (Å²) in [6.45, 7) is 2.44. The van der Waals surface area contributed by atoms with E-state index in [1.165, 1.54) is 33.5 Å². The summed E-state index contributed by atoms with van der Waals surface area (Å²) in [7, 11) is -1.77. The largest absolute Gasteiger partial charge is 0.545 e. The molecule has 2 rings (SSSR count). The summed E-state index contributed by atoms with van der Waals surface area (Å²) >= 11 is 0. The second-order valence-electron chi connectivity index (χ2n) is 5.00. The molecule has 0 amide bonds. The predicted molar refractivity (Wildman–Crippen MR) is 70.8 cm³/mol. The molecule has 0 bridgehead atoms. The first kappa shape index (κ1) is 15.0. The fraction of sp³-hybridized carbons (Fsp3) is 0.462. The van der Waals surface area contributed by atoms with Gasteiger partial charge in [-0.2, -0.15) is 4.31 Å². The van der Waals surface area contributed by atoms with Gasteiger partial charge in [-0.15, -0.1) is 0 Å². The van der Waals surface area contributed by atoms with E-state index < -0.39 is 16.0 Å². The molecule has 1 aromatic carbocycles. The molecule has 0 spiro atoms. The van der Waals surface area contributed by atoms with Crippen LogP contribution in [0.5, 0.6) is 0 Å². The number of likely N-dealkylation sites (N-methyl/N-ethyl adjacent to an activating group) is 1. The summed E-state index contributed by atoms with van der Waals surface area (Å²) in [5.74, 6) is -1.47. The Kier molecular flexibility index (Phi) is 4.42. The van der Waals surface area contributed by atoms with Crippen LogP contribution in [0, 0.1) is 0 Å². The summed E-state index contributed by atoms with van der Waals surface area (Å²) in [4.78, 5) is 12.2. The Bertz CT molecular complexity index is 600. The van der Waals surface area contributed by atoms with Crippen LogP contribution in [-0.2, 0) is 10.0 Å². The maximum atomic E-state index is 12.6. The topological polar surface area (TPSA) is 82.0 Å². The van der Waals surface area contributed by atoms with E-state index in [2.05, 4.69) is 0 Å². The highest BCUT2D eigenvalue weighted by Gasteiger charge is 2.29. The number of sulfonamides is 1. The number of carbonyl (C=O) groups is 1. The number of hydrogen-bond acceptors (Lipinski definition) is 4. The van der Waals surface area contributed by atoms with Gasteiger partial charge in [-0.3, -0.25) is 0 Å². The minimum Gasteiger partial charge on any atom is -0.545 e. The molecule has 1 saturated heterocycles. The van der Waals surface area contributed by atoms with E-state index in [4.69, 9.17) is 0 Å². The van der Waals surface area contributed by atoms with E-state index in [1.54, 1.807) is 0 Å². The lowest BCUT2D eigenvalue weighted by Gasteiger charge is -2.21. The highest BCUT2D eigenvalue weighted by atomic mass is 32.2. The summed E-state index contributed by atoms with van der Waals surface area (Å²) in [5, 5.41) is 11.1. The van der Waals surface area contributed by atoms with Gasteiger partial charge in [0.2, 0.25) is 10.0 Å². The smallest absolute Gasteiger partial charge is 0.243 e. The normalized spacial score (nSPS) is 21.4. The highest BCUT2D eigenvalue weighted by molar-refractivity contribution is 7.89. The highest BCUT2D eigenvalue weighted by Crippen LogP contribution is 2.20. The van der Waals surface area contributed by atoms with Crippen LogP contribution in [0.4, 0.5) is 0 Å². The first-order valence-corrected chi connectivity index (χ1v) is 7.99. The molecule has 1 N–H and O–H groups in total. The van der Waals surface area contributed by atoms with Crippen LogP contribution in [-0.4, -0.2) is 51.9 Å². The zero-order valence-corrected chi connectivity index (χ0v) is 12.1. The zero-order chi connectivity index (χ0) is 14.8. The number of carbonyl (C=O) groups excluding carboxylic acids is 1. The zero-order valence-electron chi connectivity index (χ0n) is 11.3. The average Bonchev–Trinajstić information content (AvgIpc) is 2.64. The standard InChI is InChI=1S/C13H18N2O4S/c1-14-7-4-8-15(10-9-14)20(18,19)12-6-3-2-5-11(12)13(16)17/h2-3,5-6H,4,7-10H2,1H3,(H,16,17). The van der Waals surface area contributed by atoms with Crippen LogP contribution in [0.1, 0.15) is 16.8 Å². The molecule has 1 aliphatic heterocycles. The molecule has 1 heterocycles. The number of carboxylic acids is 1. The van der Waals surface area contributed by atoms with Gasteiger partial charge in [0, 0.05) is 18.5 Å². The van der Waals surface area contributed by atoms with Gasteiger partial charge in [0.15, 0.2) is 0 Å². The summed E-state index contributed by atoms with van der Waals surface area (Å²) in [6.07, 6.45) is 0.762. The third-order valence-electron chi connectivity index (χ3n) is 3.52. The lowest BCUT2D eigenvalue weighted by molar-refractivity contribution is -0.877. The molecule has 6 nitrogen and oxygen atoms in total. The Morgan fingerprint density at radius 3 is 2.65 bits per heavy atom. The Hall–Kier alpha value is -1.44. The van der Waals surface area contributed by atoms with Gasteiger partial charge in [0.05, 0.1) is 37.5 Å². The van der Waals surface area contributed by atoms with Crippen LogP contribution in [0.2, 0.25) is 0 Å². The van der Waals surface area contributed by atoms with E-state index in [9.17, 15) is 18.3 Å². The van der Waals surface area contributed by atoms with Crippen molar-refractivity contribution < 1.29 is 23.2 Å². The summed E-state index contributed by atoms with van der Waals surface area (Å²) in [6, 6.07) is 5.60. The Morgan fingerprint density at radius 2 is 1.95 bits per heavy atom. The van der Waals surface area contributed by atoms with Crippen LogP contribution < -0.4 is 10.0 Å². The van der Waals surface area contributed by atoms with Gasteiger partial charge in [0.25, 0.3) is 0 Å². The van der Waals surface area contributed by atoms with Crippen molar-refractivity contribution in [3.63, 3.8) is 0 Å². The number of nitrogens with one attached hydrogen (secondary N) is 1. The number of carboxylic acid groups (broad SMARTS) is 1. The van der Waals surface area contributed by atoms with Crippen molar-refractivity contribution in [3.8, 4) is 0 Å². The van der Waals surface area contributed by atoms with Gasteiger partial charge < -0.3 is 14.8 Å². The number of aromatic carboxylic acids is 1. The van der Waals surface area contributed by atoms with Crippen molar-refractivity contribution in [1.29, 1.82) is 0 Å². The first-order valence-electron chi connectivity index (χ1n) is 6.55. The number of rotatable bonds is 3. The molecule has 1 unspecified atom stereocenters. The van der Waals surface area contributed by atoms with Crippen LogP contribution >= 0.6 is 0 Å². The number of benzene rings is 1. The molecule has 1 aromatic rings. The minimum absolute atomic E-state index is 0.181. The van der Waals surface area contributed by atoms with Crippen molar-refractivity contribution >= 4 is 16.0 Å². The van der Waals surface area contributed by atoms with E-state index in [-0.39, 0.29) is 10.5 Å². The van der Waals surface area contributed by atoms with Crippen LogP contribution in [0.15, 0.2) is 29.2 Å². The van der Waals surface area contributed by atoms with Crippen molar-refractivity contribution in [2.24, 2.45) is 0 Å². The van der Waals surface area contributed by atoms with Gasteiger partial charge in [0.1, 0.15) is 0 Å². The van der Waals surface area contributed by atoms with Crippen molar-refractivity contribution in [1.82, 2.24) is 4.31 Å². The third kappa shape index (κ3) is 3.00. The van der Waals surface area contributed by atoms with Crippen molar-refractivity contribution in [3.05, 3.63) is 29.8 Å². The Labute approximate surface area is 118 Å². The Morgan fingerprint density at radius 1 is 1.25 bits per heavy atom. The quantitative estimate of drug-likeness (QED) is 0.697. The molecule has 110 valence electrons. The summed E-state index contributed by atoms with van der Waals surface area (Å²) in [5.41, 5.74) is -0.280. The van der Waals surface area contributed by atoms with E-state index >= 15 is 0 Å². The Balaban J connectivity index is 2.37. The first-order chi connectivity index (χ1) is 9.43. The fourth-order valence-electron chi connectivity index (χ4n) is 2.35. The predicted octanol–water partition coefficient (Wildman–Crippen LogP) is -2.04. The monoisotopic (exact) mass is 298 g/mol. The molecule has 0 radical (unpaired) electrons. The number of quaternary nitrogens is 1. The van der Waals surface area contributed by atoms with Gasteiger partial charge in [-0.05, 0) is 6.07 Å². The lowest BCUT2D eigenvalue weighted by atomic mass is 10.2.